The highest BCUT2D eigenvalue weighted by Crippen LogP contribution is 2.18. The van der Waals surface area contributed by atoms with Crippen LogP contribution in [0.2, 0.25) is 0 Å². The van der Waals surface area contributed by atoms with E-state index in [-0.39, 0.29) is 5.91 Å². The van der Waals surface area contributed by atoms with Gasteiger partial charge in [-0.25, -0.2) is 0 Å². The van der Waals surface area contributed by atoms with Crippen molar-refractivity contribution in [2.45, 2.75) is 32.1 Å². The van der Waals surface area contributed by atoms with Gasteiger partial charge in [0.05, 0.1) is 0 Å². The fourth-order valence-corrected chi connectivity index (χ4v) is 5.30. The van der Waals surface area contributed by atoms with E-state index in [1.165, 1.54) is 0 Å². The molecule has 8 heteroatoms. The predicted molar refractivity (Wildman–Crippen MR) is 107 cm³/mol. The summed E-state index contributed by atoms with van der Waals surface area (Å²) >= 11 is 0. The fourth-order valence-electron chi connectivity index (χ4n) is 3.63. The SMILES string of the molecule is O=C(CCNc1ccccc1)N1CCN(S(=O)(=O)N2CCCCCC2)CC1. The number of para-hydroxylation sites is 1. The molecule has 2 heterocycles. The van der Waals surface area contributed by atoms with E-state index >= 15 is 0 Å². The molecule has 2 saturated heterocycles. The van der Waals surface area contributed by atoms with Crippen molar-refractivity contribution < 1.29 is 13.2 Å². The van der Waals surface area contributed by atoms with Crippen molar-refractivity contribution in [3.63, 3.8) is 0 Å². The lowest BCUT2D eigenvalue weighted by Gasteiger charge is -2.36. The van der Waals surface area contributed by atoms with Gasteiger partial charge in [0.1, 0.15) is 0 Å². The molecule has 0 atom stereocenters. The van der Waals surface area contributed by atoms with Crippen LogP contribution in [0.4, 0.5) is 5.69 Å². The third-order valence-electron chi connectivity index (χ3n) is 5.25. The van der Waals surface area contributed by atoms with Crippen LogP contribution >= 0.6 is 0 Å². The molecule has 0 aromatic heterocycles. The zero-order valence-corrected chi connectivity index (χ0v) is 16.7. The van der Waals surface area contributed by atoms with Gasteiger partial charge in [-0.1, -0.05) is 31.0 Å². The summed E-state index contributed by atoms with van der Waals surface area (Å²) in [7, 11) is -3.39. The van der Waals surface area contributed by atoms with Crippen LogP contribution in [-0.4, -0.2) is 73.6 Å². The number of anilines is 1. The summed E-state index contributed by atoms with van der Waals surface area (Å²) in [5, 5.41) is 3.24. The quantitative estimate of drug-likeness (QED) is 0.798. The highest BCUT2D eigenvalue weighted by atomic mass is 32.2. The van der Waals surface area contributed by atoms with E-state index in [9.17, 15) is 13.2 Å². The van der Waals surface area contributed by atoms with Gasteiger partial charge >= 0.3 is 0 Å². The molecule has 0 saturated carbocycles. The van der Waals surface area contributed by atoms with E-state index in [0.29, 0.717) is 52.2 Å². The lowest BCUT2D eigenvalue weighted by atomic mass is 10.2. The Balaban J connectivity index is 1.44. The molecule has 2 aliphatic heterocycles. The molecular formula is C19H30N4O3S. The number of piperazine rings is 1. The van der Waals surface area contributed by atoms with Gasteiger partial charge in [0, 0.05) is 57.9 Å². The summed E-state index contributed by atoms with van der Waals surface area (Å²) in [6, 6.07) is 9.80. The number of nitrogens with zero attached hydrogens (tertiary/aromatic N) is 3. The van der Waals surface area contributed by atoms with Crippen LogP contribution in [0.5, 0.6) is 0 Å². The Hall–Kier alpha value is -1.64. The number of amides is 1. The first-order valence-corrected chi connectivity index (χ1v) is 11.3. The Kier molecular flexibility index (Phi) is 7.09. The second-order valence-electron chi connectivity index (χ2n) is 7.14. The largest absolute Gasteiger partial charge is 0.385 e. The van der Waals surface area contributed by atoms with Crippen LogP contribution in [0.3, 0.4) is 0 Å². The normalized spacial score (nSPS) is 20.2. The number of nitrogens with one attached hydrogen (secondary N) is 1. The van der Waals surface area contributed by atoms with Crippen LogP contribution in [0.25, 0.3) is 0 Å². The molecule has 2 aliphatic rings. The van der Waals surface area contributed by atoms with E-state index in [1.807, 2.05) is 30.3 Å². The van der Waals surface area contributed by atoms with E-state index in [0.717, 1.165) is 31.4 Å². The van der Waals surface area contributed by atoms with Crippen molar-refractivity contribution >= 4 is 21.8 Å². The Morgan fingerprint density at radius 1 is 0.852 bits per heavy atom. The van der Waals surface area contributed by atoms with E-state index in [2.05, 4.69) is 5.32 Å². The first-order valence-electron chi connectivity index (χ1n) is 9.89. The first kappa shape index (κ1) is 20.1. The van der Waals surface area contributed by atoms with Crippen LogP contribution in [0.1, 0.15) is 32.1 Å². The molecule has 0 spiro atoms. The van der Waals surface area contributed by atoms with Crippen molar-refractivity contribution in [1.29, 1.82) is 0 Å². The third-order valence-corrected chi connectivity index (χ3v) is 7.29. The minimum atomic E-state index is -3.39. The number of carbonyl (C=O) groups is 1. The van der Waals surface area contributed by atoms with Crippen molar-refractivity contribution in [1.82, 2.24) is 13.5 Å². The molecule has 1 aromatic carbocycles. The number of benzene rings is 1. The third kappa shape index (κ3) is 5.43. The van der Waals surface area contributed by atoms with Gasteiger partial charge in [-0.05, 0) is 25.0 Å². The van der Waals surface area contributed by atoms with Gasteiger partial charge in [0.15, 0.2) is 0 Å². The Bertz CT molecular complexity index is 695. The molecule has 2 fully saturated rings. The smallest absolute Gasteiger partial charge is 0.282 e. The second kappa shape index (κ2) is 9.52. The number of rotatable bonds is 6. The zero-order valence-electron chi connectivity index (χ0n) is 15.8. The molecule has 1 N–H and O–H groups in total. The van der Waals surface area contributed by atoms with Crippen molar-refractivity contribution in [2.24, 2.45) is 0 Å². The van der Waals surface area contributed by atoms with Gasteiger partial charge in [-0.15, -0.1) is 0 Å². The highest BCUT2D eigenvalue weighted by Gasteiger charge is 2.33. The Labute approximate surface area is 162 Å². The molecule has 1 aromatic rings. The lowest BCUT2D eigenvalue weighted by molar-refractivity contribution is -0.132. The predicted octanol–water partition coefficient (Wildman–Crippen LogP) is 1.75. The number of hydrogen-bond acceptors (Lipinski definition) is 4. The van der Waals surface area contributed by atoms with Gasteiger partial charge in [0.25, 0.3) is 10.2 Å². The molecule has 27 heavy (non-hydrogen) atoms. The van der Waals surface area contributed by atoms with Crippen LogP contribution in [0, 0.1) is 0 Å². The van der Waals surface area contributed by atoms with Gasteiger partial charge in [-0.2, -0.15) is 17.0 Å². The molecular weight excluding hydrogens is 364 g/mol. The van der Waals surface area contributed by atoms with Gasteiger partial charge in [-0.3, -0.25) is 4.79 Å². The highest BCUT2D eigenvalue weighted by molar-refractivity contribution is 7.86. The van der Waals surface area contributed by atoms with Crippen molar-refractivity contribution in [3.8, 4) is 0 Å². The molecule has 3 rings (SSSR count). The number of hydrogen-bond donors (Lipinski definition) is 1. The molecule has 1 amide bonds. The standard InChI is InChI=1S/C19H30N4O3S/c24-19(10-11-20-18-8-4-3-5-9-18)21-14-16-23(17-15-21)27(25,26)22-12-6-1-2-7-13-22/h3-5,8-9,20H,1-2,6-7,10-17H2. The lowest BCUT2D eigenvalue weighted by Crippen LogP contribution is -2.54. The summed E-state index contributed by atoms with van der Waals surface area (Å²) in [6.07, 6.45) is 4.49. The van der Waals surface area contributed by atoms with Crippen LogP contribution in [0.15, 0.2) is 30.3 Å². The van der Waals surface area contributed by atoms with Crippen molar-refractivity contribution in [3.05, 3.63) is 30.3 Å². The van der Waals surface area contributed by atoms with Gasteiger partial charge < -0.3 is 10.2 Å². The fraction of sp³-hybridized carbons (Fsp3) is 0.632. The molecule has 0 aliphatic carbocycles. The maximum atomic E-state index is 12.8. The number of carbonyl (C=O) groups excluding carboxylic acids is 1. The topological polar surface area (TPSA) is 73.0 Å². The summed E-state index contributed by atoms with van der Waals surface area (Å²) in [4.78, 5) is 14.2. The zero-order chi connectivity index (χ0) is 19.1. The Morgan fingerprint density at radius 3 is 2.07 bits per heavy atom. The molecule has 0 radical (unpaired) electrons. The van der Waals surface area contributed by atoms with E-state index in [1.54, 1.807) is 13.5 Å². The van der Waals surface area contributed by atoms with Crippen molar-refractivity contribution in [2.75, 3.05) is 51.1 Å². The van der Waals surface area contributed by atoms with E-state index < -0.39 is 10.2 Å². The summed E-state index contributed by atoms with van der Waals surface area (Å²) in [5.41, 5.74) is 0.999. The van der Waals surface area contributed by atoms with Crippen LogP contribution < -0.4 is 5.32 Å². The van der Waals surface area contributed by atoms with E-state index in [4.69, 9.17) is 0 Å². The summed E-state index contributed by atoms with van der Waals surface area (Å²) < 4.78 is 28.8. The molecule has 0 bridgehead atoms. The molecule has 150 valence electrons. The Morgan fingerprint density at radius 2 is 1.44 bits per heavy atom. The average Bonchev–Trinajstić information content (AvgIpc) is 2.99. The van der Waals surface area contributed by atoms with Gasteiger partial charge in [0.2, 0.25) is 5.91 Å². The maximum absolute atomic E-state index is 12.8. The summed E-state index contributed by atoms with van der Waals surface area (Å²) in [5.74, 6) is 0.0743. The summed E-state index contributed by atoms with van der Waals surface area (Å²) in [6.45, 7) is 3.52. The minimum Gasteiger partial charge on any atom is -0.385 e. The average molecular weight is 395 g/mol. The second-order valence-corrected chi connectivity index (χ2v) is 9.07. The monoisotopic (exact) mass is 394 g/mol. The maximum Gasteiger partial charge on any atom is 0.282 e. The minimum absolute atomic E-state index is 0.0743. The van der Waals surface area contributed by atoms with Crippen LogP contribution in [-0.2, 0) is 15.0 Å². The first-order chi connectivity index (χ1) is 13.1. The molecule has 0 unspecified atom stereocenters. The molecule has 7 nitrogen and oxygen atoms in total.